The first-order valence-corrected chi connectivity index (χ1v) is 19.3. The highest BCUT2D eigenvalue weighted by Gasteiger charge is 2.42. The Labute approximate surface area is 321 Å². The third-order valence-corrected chi connectivity index (χ3v) is 10.4. The number of benzene rings is 1. The van der Waals surface area contributed by atoms with Crippen LogP contribution in [0.1, 0.15) is 63.5 Å². The quantitative estimate of drug-likeness (QED) is 0.127. The van der Waals surface area contributed by atoms with Gasteiger partial charge in [0.25, 0.3) is 5.88 Å². The number of hydrogen-bond donors (Lipinski definition) is 1. The lowest BCUT2D eigenvalue weighted by molar-refractivity contribution is -0.0458. The van der Waals surface area contributed by atoms with Gasteiger partial charge in [-0.25, -0.2) is 14.6 Å². The molecule has 17 nitrogen and oxygen atoms in total. The number of aromatic nitrogens is 8. The minimum atomic E-state index is -0.278. The molecule has 3 aromatic heterocycles. The van der Waals surface area contributed by atoms with Crippen LogP contribution in [0.15, 0.2) is 43.1 Å². The van der Waals surface area contributed by atoms with E-state index in [1.54, 1.807) is 30.3 Å². The standard InChI is InChI=1S/C38H51N11O6/c1-27(22-47-26-42-45-46-47)55-36-18-28(4-5-29(36)19-39)30-20-40-38(41-21-30)43-35-23-48(44-37(35)54-13-3-12-51-16-17-52-15-14-50-2)31-6-8-32(9-7-31)49-33-10-11-34(49)25-53-24-33/h4-5,18,20-21,23,26-27,31-34H,3,6-17,22,24-25H2,1-2H3,(H,40,41,43)/t27?,31?,32?,33-,34+. The van der Waals surface area contributed by atoms with Gasteiger partial charge in [-0.3, -0.25) is 9.58 Å². The number of nitriles is 1. The number of nitrogens with zero attached hydrogens (tertiary/aromatic N) is 10. The fraction of sp³-hybridized carbons (Fsp3) is 0.605. The van der Waals surface area contributed by atoms with Crippen molar-refractivity contribution in [2.45, 2.75) is 88.7 Å². The van der Waals surface area contributed by atoms with Crippen molar-refractivity contribution in [1.29, 1.82) is 5.26 Å². The second kappa shape index (κ2) is 19.2. The van der Waals surface area contributed by atoms with Gasteiger partial charge < -0.3 is 33.7 Å². The van der Waals surface area contributed by atoms with E-state index in [0.29, 0.717) is 99.6 Å². The van der Waals surface area contributed by atoms with Crippen molar-refractivity contribution < 1.29 is 28.4 Å². The van der Waals surface area contributed by atoms with Crippen molar-refractivity contribution in [2.75, 3.05) is 65.3 Å². The van der Waals surface area contributed by atoms with Crippen molar-refractivity contribution in [1.82, 2.24) is 44.9 Å². The second-order valence-corrected chi connectivity index (χ2v) is 14.3. The Hall–Kier alpha value is -4.73. The summed E-state index contributed by atoms with van der Waals surface area (Å²) in [6.07, 6.45) is 14.4. The highest BCUT2D eigenvalue weighted by atomic mass is 16.5. The van der Waals surface area contributed by atoms with Crippen LogP contribution in [-0.4, -0.2) is 129 Å². The van der Waals surface area contributed by atoms with Crippen molar-refractivity contribution >= 4 is 11.6 Å². The van der Waals surface area contributed by atoms with E-state index in [1.165, 1.54) is 19.2 Å². The Kier molecular flexibility index (Phi) is 13.5. The Morgan fingerprint density at radius 3 is 2.36 bits per heavy atom. The van der Waals surface area contributed by atoms with Crippen LogP contribution >= 0.6 is 0 Å². The number of hydrogen-bond acceptors (Lipinski definition) is 15. The van der Waals surface area contributed by atoms with Gasteiger partial charge in [-0.1, -0.05) is 6.07 Å². The summed E-state index contributed by atoms with van der Waals surface area (Å²) in [5, 5.41) is 29.2. The van der Waals surface area contributed by atoms with E-state index in [2.05, 4.69) is 46.5 Å². The fourth-order valence-corrected chi connectivity index (χ4v) is 7.76. The first kappa shape index (κ1) is 38.5. The number of fused-ring (bicyclic) bond motifs is 2. The molecule has 2 bridgehead atoms. The van der Waals surface area contributed by atoms with Gasteiger partial charge in [0.05, 0.1) is 70.6 Å². The molecule has 1 aromatic carbocycles. The van der Waals surface area contributed by atoms with Crippen LogP contribution in [0, 0.1) is 11.3 Å². The molecule has 2 aliphatic heterocycles. The lowest BCUT2D eigenvalue weighted by Gasteiger charge is -2.43. The summed E-state index contributed by atoms with van der Waals surface area (Å²) in [5.41, 5.74) is 2.72. The summed E-state index contributed by atoms with van der Waals surface area (Å²) in [7, 11) is 1.65. The van der Waals surface area contributed by atoms with E-state index >= 15 is 0 Å². The summed E-state index contributed by atoms with van der Waals surface area (Å²) >= 11 is 0. The molecule has 5 heterocycles. The monoisotopic (exact) mass is 757 g/mol. The topological polar surface area (TPSA) is 182 Å². The number of morpholine rings is 1. The molecule has 3 aliphatic rings. The average Bonchev–Trinajstić information content (AvgIpc) is 3.93. The number of anilines is 2. The highest BCUT2D eigenvalue weighted by Crippen LogP contribution is 2.39. The minimum Gasteiger partial charge on any atom is -0.487 e. The maximum atomic E-state index is 9.72. The van der Waals surface area contributed by atoms with Crippen molar-refractivity contribution in [3.8, 4) is 28.8 Å². The van der Waals surface area contributed by atoms with Gasteiger partial charge in [0, 0.05) is 56.2 Å². The molecule has 55 heavy (non-hydrogen) atoms. The van der Waals surface area contributed by atoms with Crippen molar-refractivity contribution in [2.24, 2.45) is 0 Å². The third-order valence-electron chi connectivity index (χ3n) is 10.4. The molecule has 1 unspecified atom stereocenters. The summed E-state index contributed by atoms with van der Waals surface area (Å²) in [5.74, 6) is 1.38. The van der Waals surface area contributed by atoms with Crippen LogP contribution in [0.5, 0.6) is 11.6 Å². The van der Waals surface area contributed by atoms with E-state index in [4.69, 9.17) is 33.5 Å². The van der Waals surface area contributed by atoms with E-state index in [-0.39, 0.29) is 12.1 Å². The van der Waals surface area contributed by atoms with Gasteiger partial charge in [-0.2, -0.15) is 5.26 Å². The van der Waals surface area contributed by atoms with Gasteiger partial charge in [0.2, 0.25) is 5.95 Å². The van der Waals surface area contributed by atoms with E-state index in [9.17, 15) is 5.26 Å². The Bertz CT molecular complexity index is 1790. The molecular weight excluding hydrogens is 706 g/mol. The van der Waals surface area contributed by atoms with E-state index in [0.717, 1.165) is 50.0 Å². The number of rotatable bonds is 20. The minimum absolute atomic E-state index is 0.278. The Balaban J connectivity index is 0.990. The zero-order valence-electron chi connectivity index (χ0n) is 31.7. The maximum Gasteiger partial charge on any atom is 0.256 e. The predicted molar refractivity (Wildman–Crippen MR) is 200 cm³/mol. The summed E-state index contributed by atoms with van der Waals surface area (Å²) in [6.45, 7) is 7.23. The van der Waals surface area contributed by atoms with Gasteiger partial charge in [0.15, 0.2) is 0 Å². The number of tetrazole rings is 1. The van der Waals surface area contributed by atoms with Crippen LogP contribution in [-0.2, 0) is 25.5 Å². The molecule has 17 heteroatoms. The summed E-state index contributed by atoms with van der Waals surface area (Å²) in [6, 6.07) is 9.66. The van der Waals surface area contributed by atoms with Crippen molar-refractivity contribution in [3.63, 3.8) is 0 Å². The molecule has 1 N–H and O–H groups in total. The molecule has 294 valence electrons. The van der Waals surface area contributed by atoms with Gasteiger partial charge in [-0.05, 0) is 73.6 Å². The Morgan fingerprint density at radius 2 is 1.64 bits per heavy atom. The van der Waals surface area contributed by atoms with Crippen molar-refractivity contribution in [3.05, 3.63) is 48.7 Å². The van der Waals surface area contributed by atoms with Crippen LogP contribution in [0.3, 0.4) is 0 Å². The molecule has 2 saturated heterocycles. The highest BCUT2D eigenvalue weighted by molar-refractivity contribution is 5.67. The molecule has 0 spiro atoms. The Morgan fingerprint density at radius 1 is 0.909 bits per heavy atom. The van der Waals surface area contributed by atoms with E-state index in [1.807, 2.05) is 25.3 Å². The smallest absolute Gasteiger partial charge is 0.256 e. The maximum absolute atomic E-state index is 9.72. The first-order chi connectivity index (χ1) is 27.1. The van der Waals surface area contributed by atoms with Crippen LogP contribution < -0.4 is 14.8 Å². The third kappa shape index (κ3) is 10.1. The van der Waals surface area contributed by atoms with Gasteiger partial charge in [-0.15, -0.1) is 10.2 Å². The lowest BCUT2D eigenvalue weighted by atomic mass is 9.89. The second-order valence-electron chi connectivity index (χ2n) is 14.3. The van der Waals surface area contributed by atoms with Gasteiger partial charge in [0.1, 0.15) is 29.9 Å². The molecule has 3 atom stereocenters. The first-order valence-electron chi connectivity index (χ1n) is 19.3. The molecule has 7 rings (SSSR count). The van der Waals surface area contributed by atoms with Crippen LogP contribution in [0.2, 0.25) is 0 Å². The van der Waals surface area contributed by atoms with Crippen LogP contribution in [0.25, 0.3) is 11.1 Å². The number of ether oxygens (including phenoxy) is 6. The van der Waals surface area contributed by atoms with Crippen LogP contribution in [0.4, 0.5) is 11.6 Å². The summed E-state index contributed by atoms with van der Waals surface area (Å²) in [4.78, 5) is 12.0. The average molecular weight is 758 g/mol. The molecule has 4 aromatic rings. The molecular formula is C38H51N11O6. The number of methoxy groups -OCH3 is 1. The zero-order chi connectivity index (χ0) is 37.8. The molecule has 0 radical (unpaired) electrons. The summed E-state index contributed by atoms with van der Waals surface area (Å²) < 4.78 is 38.0. The number of nitrogens with one attached hydrogen (secondary N) is 1. The zero-order valence-corrected chi connectivity index (χ0v) is 31.7. The fourth-order valence-electron chi connectivity index (χ4n) is 7.76. The van der Waals surface area contributed by atoms with E-state index < -0.39 is 0 Å². The molecule has 3 fully saturated rings. The normalized spacial score (nSPS) is 21.6. The lowest BCUT2D eigenvalue weighted by Crippen LogP contribution is -2.52. The molecule has 1 saturated carbocycles. The predicted octanol–water partition coefficient (Wildman–Crippen LogP) is 4.20. The largest absolute Gasteiger partial charge is 0.487 e. The SMILES string of the molecule is COCCOCCOCCCOc1nn(C2CCC(N3[C@@H]4CC[C@H]3COC4)CC2)cc1Nc1ncc(-c2ccc(C#N)c(OC(C)Cn3cnnn3)c2)cn1. The van der Waals surface area contributed by atoms with Gasteiger partial charge >= 0.3 is 0 Å². The molecule has 1 aliphatic carbocycles. The molecule has 0 amide bonds.